The quantitative estimate of drug-likeness (QED) is 0.697. The third-order valence-corrected chi connectivity index (χ3v) is 4.17. The lowest BCUT2D eigenvalue weighted by molar-refractivity contribution is 0.416. The minimum absolute atomic E-state index is 0.209. The fourth-order valence-corrected chi connectivity index (χ4v) is 2.84. The largest absolute Gasteiger partial charge is 0.496 e. The van der Waals surface area contributed by atoms with Crippen LogP contribution in [0, 0.1) is 0 Å². The van der Waals surface area contributed by atoms with Crippen LogP contribution in [0.4, 0.5) is 0 Å². The van der Waals surface area contributed by atoms with Crippen LogP contribution in [0.1, 0.15) is 5.56 Å². The highest BCUT2D eigenvalue weighted by molar-refractivity contribution is 6.35. The van der Waals surface area contributed by atoms with Gasteiger partial charge in [-0.15, -0.1) is 0 Å². The van der Waals surface area contributed by atoms with Crippen molar-refractivity contribution in [3.8, 4) is 17.0 Å². The summed E-state index contributed by atoms with van der Waals surface area (Å²) in [5.41, 5.74) is 2.03. The van der Waals surface area contributed by atoms with Crippen LogP contribution in [-0.2, 0) is 6.54 Å². The van der Waals surface area contributed by atoms with E-state index in [9.17, 15) is 4.79 Å². The van der Waals surface area contributed by atoms with Crippen molar-refractivity contribution < 1.29 is 4.74 Å². The third-order valence-electron chi connectivity index (χ3n) is 3.58. The summed E-state index contributed by atoms with van der Waals surface area (Å²) in [6.45, 7) is 0.262. The van der Waals surface area contributed by atoms with E-state index in [2.05, 4.69) is 5.10 Å². The van der Waals surface area contributed by atoms with Gasteiger partial charge in [0.05, 0.1) is 19.3 Å². The molecule has 3 rings (SSSR count). The van der Waals surface area contributed by atoms with E-state index < -0.39 is 0 Å². The number of rotatable bonds is 4. The van der Waals surface area contributed by atoms with Crippen molar-refractivity contribution in [2.24, 2.45) is 0 Å². The first-order valence-electron chi connectivity index (χ1n) is 7.24. The smallest absolute Gasteiger partial charge is 0.267 e. The highest BCUT2D eigenvalue weighted by atomic mass is 35.5. The monoisotopic (exact) mass is 360 g/mol. The minimum atomic E-state index is -0.209. The molecule has 0 N–H and O–H groups in total. The molecule has 0 aliphatic heterocycles. The Morgan fingerprint density at radius 2 is 1.88 bits per heavy atom. The molecule has 0 aliphatic rings. The Hall–Kier alpha value is -2.30. The van der Waals surface area contributed by atoms with E-state index >= 15 is 0 Å². The second kappa shape index (κ2) is 7.07. The maximum absolute atomic E-state index is 12.1. The van der Waals surface area contributed by atoms with Crippen molar-refractivity contribution in [3.05, 3.63) is 80.6 Å². The van der Waals surface area contributed by atoms with Gasteiger partial charge < -0.3 is 4.74 Å². The van der Waals surface area contributed by atoms with E-state index in [1.54, 1.807) is 31.4 Å². The summed E-state index contributed by atoms with van der Waals surface area (Å²) in [6, 6.07) is 15.9. The Kier molecular flexibility index (Phi) is 4.88. The number of hydrogen-bond acceptors (Lipinski definition) is 3. The Morgan fingerprint density at radius 1 is 1.08 bits per heavy atom. The van der Waals surface area contributed by atoms with Gasteiger partial charge in [-0.05, 0) is 35.9 Å². The van der Waals surface area contributed by atoms with Crippen LogP contribution in [0.3, 0.4) is 0 Å². The van der Waals surface area contributed by atoms with Crippen molar-refractivity contribution in [1.82, 2.24) is 9.78 Å². The number of nitrogens with zero attached hydrogens (tertiary/aromatic N) is 2. The van der Waals surface area contributed by atoms with E-state index in [1.165, 1.54) is 10.7 Å². The molecule has 0 spiro atoms. The van der Waals surface area contributed by atoms with Crippen LogP contribution in [0.5, 0.6) is 5.75 Å². The van der Waals surface area contributed by atoms with Crippen LogP contribution in [0.25, 0.3) is 11.3 Å². The molecule has 0 saturated carbocycles. The molecule has 0 fully saturated rings. The van der Waals surface area contributed by atoms with E-state index in [0.717, 1.165) is 11.1 Å². The molecule has 1 aromatic heterocycles. The van der Waals surface area contributed by atoms with E-state index in [0.29, 0.717) is 21.5 Å². The molecule has 0 amide bonds. The number of aromatic nitrogens is 2. The normalized spacial score (nSPS) is 10.6. The molecule has 3 aromatic rings. The molecule has 4 nitrogen and oxygen atoms in total. The predicted octanol–water partition coefficient (Wildman–Crippen LogP) is 4.27. The van der Waals surface area contributed by atoms with Crippen LogP contribution in [-0.4, -0.2) is 16.9 Å². The molecule has 0 bridgehead atoms. The van der Waals surface area contributed by atoms with Crippen LogP contribution in [0.15, 0.2) is 59.4 Å². The van der Waals surface area contributed by atoms with E-state index in [4.69, 9.17) is 27.9 Å². The van der Waals surface area contributed by atoms with Gasteiger partial charge in [0.2, 0.25) is 0 Å². The molecular weight excluding hydrogens is 347 g/mol. The summed E-state index contributed by atoms with van der Waals surface area (Å²) >= 11 is 12.1. The highest BCUT2D eigenvalue weighted by Crippen LogP contribution is 2.27. The zero-order chi connectivity index (χ0) is 17.1. The van der Waals surface area contributed by atoms with Crippen molar-refractivity contribution in [1.29, 1.82) is 0 Å². The second-order valence-electron chi connectivity index (χ2n) is 5.15. The van der Waals surface area contributed by atoms with Crippen LogP contribution >= 0.6 is 23.2 Å². The number of para-hydroxylation sites is 1. The first-order valence-corrected chi connectivity index (χ1v) is 7.99. The fourth-order valence-electron chi connectivity index (χ4n) is 2.37. The number of benzene rings is 2. The van der Waals surface area contributed by atoms with Gasteiger partial charge in [-0.1, -0.05) is 41.4 Å². The Labute approximate surface area is 149 Å². The van der Waals surface area contributed by atoms with Crippen molar-refractivity contribution in [2.75, 3.05) is 7.11 Å². The summed E-state index contributed by atoms with van der Waals surface area (Å²) < 4.78 is 6.73. The molecule has 1 heterocycles. The van der Waals surface area contributed by atoms with Crippen molar-refractivity contribution >= 4 is 23.2 Å². The number of ether oxygens (including phenoxy) is 1. The average molecular weight is 361 g/mol. The molecule has 122 valence electrons. The van der Waals surface area contributed by atoms with Gasteiger partial charge in [0.1, 0.15) is 5.75 Å². The lowest BCUT2D eigenvalue weighted by Gasteiger charge is -2.11. The van der Waals surface area contributed by atoms with Gasteiger partial charge in [0.25, 0.3) is 5.56 Å². The van der Waals surface area contributed by atoms with Crippen molar-refractivity contribution in [2.45, 2.75) is 6.54 Å². The zero-order valence-corrected chi connectivity index (χ0v) is 14.4. The second-order valence-corrected chi connectivity index (χ2v) is 5.99. The van der Waals surface area contributed by atoms with Gasteiger partial charge in [0, 0.05) is 21.7 Å². The van der Waals surface area contributed by atoms with E-state index in [1.807, 2.05) is 24.3 Å². The Bertz CT molecular complexity index is 938. The van der Waals surface area contributed by atoms with E-state index in [-0.39, 0.29) is 12.1 Å². The van der Waals surface area contributed by atoms with Crippen LogP contribution in [0.2, 0.25) is 10.0 Å². The third kappa shape index (κ3) is 3.45. The van der Waals surface area contributed by atoms with Gasteiger partial charge >= 0.3 is 0 Å². The first kappa shape index (κ1) is 16.6. The minimum Gasteiger partial charge on any atom is -0.496 e. The molecule has 6 heteroatoms. The van der Waals surface area contributed by atoms with Gasteiger partial charge in [-0.2, -0.15) is 5.10 Å². The molecular formula is C18H14Cl2N2O2. The molecule has 0 unspecified atom stereocenters. The Morgan fingerprint density at radius 3 is 2.62 bits per heavy atom. The maximum Gasteiger partial charge on any atom is 0.267 e. The van der Waals surface area contributed by atoms with Crippen molar-refractivity contribution in [3.63, 3.8) is 0 Å². The molecule has 0 radical (unpaired) electrons. The predicted molar refractivity (Wildman–Crippen MR) is 96.0 cm³/mol. The molecule has 0 aliphatic carbocycles. The standard InChI is InChI=1S/C18H14Cl2N2O2/c1-24-17-5-3-2-4-14(17)16-8-9-18(23)22(21-16)11-12-6-7-13(19)10-15(12)20/h2-10H,11H2,1H3. The fraction of sp³-hybridized carbons (Fsp3) is 0.111. The number of methoxy groups -OCH3 is 1. The van der Waals surface area contributed by atoms with Crippen LogP contribution < -0.4 is 10.3 Å². The van der Waals surface area contributed by atoms with Gasteiger partial charge in [-0.3, -0.25) is 4.79 Å². The molecule has 0 atom stereocenters. The summed E-state index contributed by atoms with van der Waals surface area (Å²) in [4.78, 5) is 12.1. The SMILES string of the molecule is COc1ccccc1-c1ccc(=O)n(Cc2ccc(Cl)cc2Cl)n1. The number of halogens is 2. The maximum atomic E-state index is 12.1. The molecule has 24 heavy (non-hydrogen) atoms. The summed E-state index contributed by atoms with van der Waals surface area (Å²) in [5.74, 6) is 0.694. The van der Waals surface area contributed by atoms with Gasteiger partial charge in [-0.25, -0.2) is 4.68 Å². The van der Waals surface area contributed by atoms with Gasteiger partial charge in [0.15, 0.2) is 0 Å². The topological polar surface area (TPSA) is 44.1 Å². The highest BCUT2D eigenvalue weighted by Gasteiger charge is 2.10. The average Bonchev–Trinajstić information content (AvgIpc) is 2.59. The lowest BCUT2D eigenvalue weighted by atomic mass is 10.1. The zero-order valence-electron chi connectivity index (χ0n) is 12.9. The Balaban J connectivity index is 2.02. The summed E-state index contributed by atoms with van der Waals surface area (Å²) in [6.07, 6.45) is 0. The lowest BCUT2D eigenvalue weighted by Crippen LogP contribution is -2.23. The summed E-state index contributed by atoms with van der Waals surface area (Å²) in [5, 5.41) is 5.49. The number of hydrogen-bond donors (Lipinski definition) is 0. The summed E-state index contributed by atoms with van der Waals surface area (Å²) in [7, 11) is 1.60. The first-order chi connectivity index (χ1) is 11.6. The molecule has 0 saturated heterocycles. The molecule has 2 aromatic carbocycles.